The molecular formula is C18H27NO. The van der Waals surface area contributed by atoms with Gasteiger partial charge >= 0.3 is 0 Å². The molecule has 1 fully saturated rings. The van der Waals surface area contributed by atoms with E-state index >= 15 is 0 Å². The summed E-state index contributed by atoms with van der Waals surface area (Å²) in [5.41, 5.74) is 4.61. The minimum atomic E-state index is 0.454. The maximum Gasteiger partial charge on any atom is 0.0604 e. The van der Waals surface area contributed by atoms with Crippen LogP contribution in [0.25, 0.3) is 0 Å². The van der Waals surface area contributed by atoms with Gasteiger partial charge in [0.2, 0.25) is 0 Å². The fourth-order valence-electron chi connectivity index (χ4n) is 3.55. The molecule has 1 atom stereocenters. The van der Waals surface area contributed by atoms with Crippen molar-refractivity contribution in [3.05, 3.63) is 34.9 Å². The predicted molar refractivity (Wildman–Crippen MR) is 83.1 cm³/mol. The van der Waals surface area contributed by atoms with Crippen LogP contribution in [0.3, 0.4) is 0 Å². The Kier molecular flexibility index (Phi) is 4.42. The molecule has 1 aromatic rings. The van der Waals surface area contributed by atoms with Gasteiger partial charge in [0.05, 0.1) is 6.10 Å². The molecule has 0 aromatic heterocycles. The lowest BCUT2D eigenvalue weighted by molar-refractivity contribution is -0.0120. The van der Waals surface area contributed by atoms with E-state index in [1.165, 1.54) is 44.1 Å². The molecule has 1 aromatic carbocycles. The molecule has 110 valence electrons. The Labute approximate surface area is 122 Å². The van der Waals surface area contributed by atoms with Crippen molar-refractivity contribution in [3.63, 3.8) is 0 Å². The van der Waals surface area contributed by atoms with Crippen molar-refractivity contribution in [2.24, 2.45) is 0 Å². The molecule has 1 N–H and O–H groups in total. The second-order valence-electron chi connectivity index (χ2n) is 6.37. The predicted octanol–water partition coefficient (Wildman–Crippen LogP) is 3.78. The molecule has 1 saturated carbocycles. The minimum Gasteiger partial charge on any atom is -0.378 e. The van der Waals surface area contributed by atoms with Crippen LogP contribution >= 0.6 is 0 Å². The summed E-state index contributed by atoms with van der Waals surface area (Å²) in [6.45, 7) is 5.22. The van der Waals surface area contributed by atoms with Crippen LogP contribution in [0.1, 0.15) is 62.3 Å². The third-order valence-corrected chi connectivity index (χ3v) is 4.86. The minimum absolute atomic E-state index is 0.454. The Hall–Kier alpha value is -0.860. The molecule has 2 nitrogen and oxygen atoms in total. The molecular weight excluding hydrogens is 246 g/mol. The van der Waals surface area contributed by atoms with Crippen molar-refractivity contribution >= 4 is 0 Å². The largest absolute Gasteiger partial charge is 0.378 e. The fraction of sp³-hybridized carbons (Fsp3) is 0.667. The van der Waals surface area contributed by atoms with E-state index in [1.54, 1.807) is 11.1 Å². The third kappa shape index (κ3) is 3.07. The zero-order valence-corrected chi connectivity index (χ0v) is 12.8. The highest BCUT2D eigenvalue weighted by molar-refractivity contribution is 5.35. The molecule has 20 heavy (non-hydrogen) atoms. The lowest BCUT2D eigenvalue weighted by Crippen LogP contribution is -2.46. The quantitative estimate of drug-likeness (QED) is 0.881. The van der Waals surface area contributed by atoms with E-state index in [0.717, 1.165) is 6.61 Å². The van der Waals surface area contributed by atoms with Crippen molar-refractivity contribution in [1.29, 1.82) is 0 Å². The third-order valence-electron chi connectivity index (χ3n) is 4.86. The average molecular weight is 273 g/mol. The lowest BCUT2D eigenvalue weighted by atomic mass is 9.87. The number of hydrogen-bond donors (Lipinski definition) is 1. The second kappa shape index (κ2) is 6.28. The Morgan fingerprint density at radius 2 is 1.95 bits per heavy atom. The first-order chi connectivity index (χ1) is 9.76. The maximum absolute atomic E-state index is 5.63. The van der Waals surface area contributed by atoms with E-state index in [1.807, 2.05) is 0 Å². The van der Waals surface area contributed by atoms with Crippen LogP contribution in [0.4, 0.5) is 0 Å². The van der Waals surface area contributed by atoms with E-state index in [2.05, 4.69) is 37.4 Å². The number of nitrogens with one attached hydrogen (secondary N) is 1. The van der Waals surface area contributed by atoms with Gasteiger partial charge in [-0.2, -0.15) is 0 Å². The van der Waals surface area contributed by atoms with Gasteiger partial charge in [-0.05, 0) is 69.1 Å². The van der Waals surface area contributed by atoms with Crippen molar-refractivity contribution in [2.45, 2.75) is 70.6 Å². The number of ether oxygens (including phenoxy) is 1. The molecule has 0 bridgehead atoms. The van der Waals surface area contributed by atoms with E-state index in [0.29, 0.717) is 18.2 Å². The van der Waals surface area contributed by atoms with Gasteiger partial charge in [-0.25, -0.2) is 0 Å². The van der Waals surface area contributed by atoms with Gasteiger partial charge in [-0.1, -0.05) is 18.2 Å². The van der Waals surface area contributed by atoms with E-state index in [4.69, 9.17) is 4.74 Å². The van der Waals surface area contributed by atoms with E-state index in [-0.39, 0.29) is 0 Å². The smallest absolute Gasteiger partial charge is 0.0604 e. The maximum atomic E-state index is 5.63. The number of benzene rings is 1. The summed E-state index contributed by atoms with van der Waals surface area (Å²) >= 11 is 0. The Morgan fingerprint density at radius 3 is 2.70 bits per heavy atom. The van der Waals surface area contributed by atoms with Crippen LogP contribution in [-0.2, 0) is 17.6 Å². The molecule has 0 spiro atoms. The number of rotatable bonds is 5. The molecule has 0 amide bonds. The van der Waals surface area contributed by atoms with Crippen LogP contribution < -0.4 is 5.32 Å². The molecule has 3 rings (SSSR count). The molecule has 0 aliphatic heterocycles. The number of fused-ring (bicyclic) bond motifs is 1. The van der Waals surface area contributed by atoms with Gasteiger partial charge in [0.15, 0.2) is 0 Å². The van der Waals surface area contributed by atoms with Crippen LogP contribution in [0.5, 0.6) is 0 Å². The molecule has 0 heterocycles. The van der Waals surface area contributed by atoms with Gasteiger partial charge in [-0.3, -0.25) is 0 Å². The normalized spacial score (nSPS) is 26.7. The van der Waals surface area contributed by atoms with Gasteiger partial charge in [-0.15, -0.1) is 0 Å². The summed E-state index contributed by atoms with van der Waals surface area (Å²) in [5, 5.41) is 3.75. The van der Waals surface area contributed by atoms with Gasteiger partial charge in [0.1, 0.15) is 0 Å². The summed E-state index contributed by atoms with van der Waals surface area (Å²) in [7, 11) is 0. The Balaban J connectivity index is 1.56. The SMILES string of the molecule is CCOC1CC(NC(C)c2ccc3c(c2)CCCC3)C1. The highest BCUT2D eigenvalue weighted by Crippen LogP contribution is 2.28. The van der Waals surface area contributed by atoms with Crippen LogP contribution in [0.15, 0.2) is 18.2 Å². The summed E-state index contributed by atoms with van der Waals surface area (Å²) in [6, 6.07) is 8.20. The first-order valence-corrected chi connectivity index (χ1v) is 8.25. The van der Waals surface area contributed by atoms with Crippen molar-refractivity contribution in [3.8, 4) is 0 Å². The van der Waals surface area contributed by atoms with Crippen molar-refractivity contribution < 1.29 is 4.74 Å². The molecule has 0 radical (unpaired) electrons. The van der Waals surface area contributed by atoms with Gasteiger partial charge in [0, 0.05) is 18.7 Å². The zero-order valence-electron chi connectivity index (χ0n) is 12.8. The fourth-order valence-corrected chi connectivity index (χ4v) is 3.55. The summed E-state index contributed by atoms with van der Waals surface area (Å²) in [5.74, 6) is 0. The zero-order chi connectivity index (χ0) is 13.9. The number of hydrogen-bond acceptors (Lipinski definition) is 2. The van der Waals surface area contributed by atoms with Crippen LogP contribution in [0.2, 0.25) is 0 Å². The average Bonchev–Trinajstić information content (AvgIpc) is 2.44. The van der Waals surface area contributed by atoms with E-state index < -0.39 is 0 Å². The molecule has 2 heteroatoms. The van der Waals surface area contributed by atoms with Gasteiger partial charge in [0.25, 0.3) is 0 Å². The Morgan fingerprint density at radius 1 is 1.20 bits per heavy atom. The molecule has 1 unspecified atom stereocenters. The summed E-state index contributed by atoms with van der Waals surface area (Å²) in [6.07, 6.45) is 8.10. The highest BCUT2D eigenvalue weighted by Gasteiger charge is 2.30. The first-order valence-electron chi connectivity index (χ1n) is 8.25. The van der Waals surface area contributed by atoms with Crippen LogP contribution in [-0.4, -0.2) is 18.8 Å². The molecule has 2 aliphatic rings. The molecule has 2 aliphatic carbocycles. The second-order valence-corrected chi connectivity index (χ2v) is 6.37. The van der Waals surface area contributed by atoms with Gasteiger partial charge < -0.3 is 10.1 Å². The van der Waals surface area contributed by atoms with E-state index in [9.17, 15) is 0 Å². The summed E-state index contributed by atoms with van der Waals surface area (Å²) in [4.78, 5) is 0. The molecule has 0 saturated heterocycles. The summed E-state index contributed by atoms with van der Waals surface area (Å²) < 4.78 is 5.63. The topological polar surface area (TPSA) is 21.3 Å². The first kappa shape index (κ1) is 14.1. The number of aryl methyl sites for hydroxylation is 2. The standard InChI is InChI=1S/C18H27NO/c1-3-20-18-11-17(12-18)19-13(2)15-9-8-14-6-4-5-7-16(14)10-15/h8-10,13,17-19H,3-7,11-12H2,1-2H3. The Bertz CT molecular complexity index is 451. The van der Waals surface area contributed by atoms with Crippen LogP contribution in [0, 0.1) is 0 Å². The van der Waals surface area contributed by atoms with Crippen molar-refractivity contribution in [1.82, 2.24) is 5.32 Å². The monoisotopic (exact) mass is 273 g/mol. The van der Waals surface area contributed by atoms with Crippen molar-refractivity contribution in [2.75, 3.05) is 6.61 Å². The lowest BCUT2D eigenvalue weighted by Gasteiger charge is -2.37. The highest BCUT2D eigenvalue weighted by atomic mass is 16.5.